The lowest BCUT2D eigenvalue weighted by Crippen LogP contribution is -2.43. The van der Waals surface area contributed by atoms with Crippen LogP contribution in [0.25, 0.3) is 0 Å². The Balaban J connectivity index is 1.80. The topological polar surface area (TPSA) is 26.0 Å². The maximum Gasteiger partial charge on any atom is 0.00843 e. The van der Waals surface area contributed by atoms with Crippen LogP contribution in [0.15, 0.2) is 0 Å². The van der Waals surface area contributed by atoms with Crippen molar-refractivity contribution in [3.05, 3.63) is 0 Å². The highest BCUT2D eigenvalue weighted by Crippen LogP contribution is 3.14. The summed E-state index contributed by atoms with van der Waals surface area (Å²) in [5.74, 6) is 2.00. The Labute approximate surface area is 67.3 Å². The normalized spacial score (nSPS) is 87.0. The maximum atomic E-state index is 5.96. The van der Waals surface area contributed by atoms with Gasteiger partial charge in [0.1, 0.15) is 0 Å². The first-order chi connectivity index (χ1) is 5.13. The van der Waals surface area contributed by atoms with E-state index in [1.54, 1.807) is 0 Å². The van der Waals surface area contributed by atoms with Crippen LogP contribution in [0, 0.1) is 28.1 Å². The first kappa shape index (κ1) is 5.58. The molecule has 1 nitrogen and oxygen atoms in total. The van der Waals surface area contributed by atoms with Crippen LogP contribution in [0.3, 0.4) is 0 Å². The molecular weight excluding hydrogens is 134 g/mol. The Kier molecular flexibility index (Phi) is 0.484. The second-order valence-corrected chi connectivity index (χ2v) is 5.60. The SMILES string of the molecule is CC1CC12C1(C)C3C(N)CC312. The van der Waals surface area contributed by atoms with Gasteiger partial charge in [-0.2, -0.15) is 0 Å². The first-order valence-corrected chi connectivity index (χ1v) is 4.88. The average molecular weight is 149 g/mol. The highest BCUT2D eigenvalue weighted by molar-refractivity contribution is 5.59. The lowest BCUT2D eigenvalue weighted by Gasteiger charge is -2.36. The standard InChI is InChI=1S/C10H15N/c1-5-3-9(5)8(2)7-6(11)4-10(7,8)9/h5-7H,3-4,11H2,1-2H3. The molecule has 0 bridgehead atoms. The number of rotatable bonds is 0. The number of fused-ring (bicyclic) bond motifs is 2. The van der Waals surface area contributed by atoms with E-state index in [1.807, 2.05) is 0 Å². The minimum atomic E-state index is 0.582. The van der Waals surface area contributed by atoms with Crippen LogP contribution < -0.4 is 5.73 Å². The van der Waals surface area contributed by atoms with E-state index in [-0.39, 0.29) is 0 Å². The van der Waals surface area contributed by atoms with E-state index in [1.165, 1.54) is 12.8 Å². The van der Waals surface area contributed by atoms with Crippen LogP contribution >= 0.6 is 0 Å². The predicted octanol–water partition coefficient (Wildman–Crippen LogP) is 1.38. The van der Waals surface area contributed by atoms with Crippen molar-refractivity contribution in [3.8, 4) is 0 Å². The van der Waals surface area contributed by atoms with E-state index in [4.69, 9.17) is 5.73 Å². The fraction of sp³-hybridized carbons (Fsp3) is 1.00. The fourth-order valence-electron chi connectivity index (χ4n) is 5.59. The van der Waals surface area contributed by atoms with Crippen molar-refractivity contribution < 1.29 is 0 Å². The largest absolute Gasteiger partial charge is 0.327 e. The number of hydrogen-bond acceptors (Lipinski definition) is 1. The Morgan fingerprint density at radius 3 is 2.18 bits per heavy atom. The Morgan fingerprint density at radius 1 is 1.27 bits per heavy atom. The van der Waals surface area contributed by atoms with Crippen molar-refractivity contribution in [1.29, 1.82) is 0 Å². The van der Waals surface area contributed by atoms with Crippen molar-refractivity contribution in [2.45, 2.75) is 32.7 Å². The Bertz CT molecular complexity index is 275. The van der Waals surface area contributed by atoms with E-state index >= 15 is 0 Å². The molecule has 0 saturated heterocycles. The molecule has 60 valence electrons. The van der Waals surface area contributed by atoms with Gasteiger partial charge >= 0.3 is 0 Å². The molecule has 0 aromatic heterocycles. The zero-order chi connectivity index (χ0) is 7.65. The molecule has 0 aliphatic heterocycles. The molecule has 4 fully saturated rings. The molecule has 4 saturated carbocycles. The first-order valence-electron chi connectivity index (χ1n) is 4.88. The van der Waals surface area contributed by atoms with E-state index < -0.39 is 0 Å². The third-order valence-electron chi connectivity index (χ3n) is 5.95. The van der Waals surface area contributed by atoms with Gasteiger partial charge in [-0.15, -0.1) is 0 Å². The summed E-state index contributed by atoms with van der Waals surface area (Å²) in [6.45, 7) is 4.92. The van der Waals surface area contributed by atoms with Gasteiger partial charge in [-0.3, -0.25) is 0 Å². The highest BCUT2D eigenvalue weighted by atomic mass is 15.2. The molecule has 2 N–H and O–H groups in total. The smallest absolute Gasteiger partial charge is 0.00843 e. The van der Waals surface area contributed by atoms with Crippen molar-refractivity contribution in [3.63, 3.8) is 0 Å². The molecule has 6 atom stereocenters. The van der Waals surface area contributed by atoms with E-state index in [0.717, 1.165) is 28.1 Å². The minimum absolute atomic E-state index is 0.582. The van der Waals surface area contributed by atoms with Crippen molar-refractivity contribution in [2.75, 3.05) is 0 Å². The lowest BCUT2D eigenvalue weighted by atomic mass is 9.71. The molecule has 1 heteroatoms. The lowest BCUT2D eigenvalue weighted by molar-refractivity contribution is 0.154. The highest BCUT2D eigenvalue weighted by Gasteiger charge is 3.11. The van der Waals surface area contributed by atoms with Gasteiger partial charge in [0.05, 0.1) is 0 Å². The quantitative estimate of drug-likeness (QED) is 0.553. The van der Waals surface area contributed by atoms with Gasteiger partial charge in [-0.25, -0.2) is 0 Å². The summed E-state index contributed by atoms with van der Waals surface area (Å²) in [5.41, 5.74) is 8.37. The summed E-state index contributed by atoms with van der Waals surface area (Å²) >= 11 is 0. The third kappa shape index (κ3) is 0.225. The summed E-state index contributed by atoms with van der Waals surface area (Å²) < 4.78 is 0. The molecule has 0 radical (unpaired) electrons. The van der Waals surface area contributed by atoms with Gasteiger partial charge in [-0.05, 0) is 40.9 Å². The summed E-state index contributed by atoms with van der Waals surface area (Å²) in [6, 6.07) is 0.582. The number of hydrogen-bond donors (Lipinski definition) is 1. The second kappa shape index (κ2) is 0.953. The van der Waals surface area contributed by atoms with Crippen LogP contribution in [-0.4, -0.2) is 6.04 Å². The summed E-state index contributed by atoms with van der Waals surface area (Å²) in [6.07, 6.45) is 2.88. The van der Waals surface area contributed by atoms with Crippen molar-refractivity contribution >= 4 is 0 Å². The molecule has 4 aliphatic carbocycles. The van der Waals surface area contributed by atoms with Crippen LogP contribution in [0.1, 0.15) is 26.7 Å². The predicted molar refractivity (Wildman–Crippen MR) is 42.8 cm³/mol. The molecule has 4 aliphatic rings. The molecular formula is C10H15N. The Hall–Kier alpha value is -0.0400. The van der Waals surface area contributed by atoms with Crippen LogP contribution in [-0.2, 0) is 0 Å². The second-order valence-electron chi connectivity index (χ2n) is 5.60. The Morgan fingerprint density at radius 2 is 1.91 bits per heavy atom. The van der Waals surface area contributed by atoms with E-state index in [2.05, 4.69) is 13.8 Å². The van der Waals surface area contributed by atoms with E-state index in [9.17, 15) is 0 Å². The van der Waals surface area contributed by atoms with Crippen LogP contribution in [0.5, 0.6) is 0 Å². The number of nitrogens with two attached hydrogens (primary N) is 1. The molecule has 11 heavy (non-hydrogen) atoms. The monoisotopic (exact) mass is 149 g/mol. The molecule has 0 amide bonds. The van der Waals surface area contributed by atoms with Gasteiger partial charge in [0, 0.05) is 6.04 Å². The summed E-state index contributed by atoms with van der Waals surface area (Å²) in [5, 5.41) is 0. The molecule has 4 rings (SSSR count). The molecule has 6 unspecified atom stereocenters. The fourth-order valence-corrected chi connectivity index (χ4v) is 5.59. The average Bonchev–Trinajstić information content (AvgIpc) is 2.71. The molecule has 0 aromatic carbocycles. The molecule has 0 heterocycles. The summed E-state index contributed by atoms with van der Waals surface area (Å²) in [7, 11) is 0. The molecule has 0 aromatic rings. The third-order valence-corrected chi connectivity index (χ3v) is 5.95. The van der Waals surface area contributed by atoms with Crippen LogP contribution in [0.2, 0.25) is 0 Å². The summed E-state index contributed by atoms with van der Waals surface area (Å²) in [4.78, 5) is 0. The van der Waals surface area contributed by atoms with Crippen molar-refractivity contribution in [1.82, 2.24) is 0 Å². The maximum absolute atomic E-state index is 5.96. The molecule has 2 spiro atoms. The minimum Gasteiger partial charge on any atom is -0.327 e. The zero-order valence-electron chi connectivity index (χ0n) is 7.22. The van der Waals surface area contributed by atoms with Gasteiger partial charge in [-0.1, -0.05) is 13.8 Å². The van der Waals surface area contributed by atoms with Gasteiger partial charge in [0.15, 0.2) is 0 Å². The van der Waals surface area contributed by atoms with E-state index in [0.29, 0.717) is 6.04 Å². The zero-order valence-corrected chi connectivity index (χ0v) is 7.22. The van der Waals surface area contributed by atoms with Crippen molar-refractivity contribution in [2.24, 2.45) is 33.8 Å². The van der Waals surface area contributed by atoms with Gasteiger partial charge in [0.2, 0.25) is 0 Å². The van der Waals surface area contributed by atoms with Gasteiger partial charge in [0.25, 0.3) is 0 Å². The van der Waals surface area contributed by atoms with Gasteiger partial charge < -0.3 is 5.73 Å². The van der Waals surface area contributed by atoms with Crippen LogP contribution in [0.4, 0.5) is 0 Å².